The molecular weight excluding hydrogens is 329 g/mol. The Bertz CT molecular complexity index is 1160. The van der Waals surface area contributed by atoms with Crippen LogP contribution in [0.25, 0.3) is 22.2 Å². The third-order valence-electron chi connectivity index (χ3n) is 4.80. The number of carbonyl (C=O) groups excluding carboxylic acids is 1. The molecule has 5 rings (SSSR count). The lowest BCUT2D eigenvalue weighted by Crippen LogP contribution is -2.12. The first-order valence-corrected chi connectivity index (χ1v) is 8.39. The van der Waals surface area contributed by atoms with Gasteiger partial charge in [0.25, 0.3) is 0 Å². The molecule has 4 heteroatoms. The molecule has 4 aromatic rings. The van der Waals surface area contributed by atoms with Crippen molar-refractivity contribution in [2.24, 2.45) is 0 Å². The summed E-state index contributed by atoms with van der Waals surface area (Å²) in [6, 6.07) is 23.7. The number of nitrogens with zero attached hydrogens (tertiary/aromatic N) is 1. The summed E-state index contributed by atoms with van der Waals surface area (Å²) < 4.78 is 22.1. The first-order chi connectivity index (χ1) is 12.7. The van der Waals surface area contributed by atoms with Crippen molar-refractivity contribution in [2.75, 3.05) is 0 Å². The number of rotatable bonds is 2. The molecular formula is C22H14FNO2. The lowest BCUT2D eigenvalue weighted by molar-refractivity contribution is 0.0335. The Morgan fingerprint density at radius 1 is 0.846 bits per heavy atom. The van der Waals surface area contributed by atoms with E-state index in [0.717, 1.165) is 16.5 Å². The molecule has 0 N–H and O–H groups in total. The largest absolute Gasteiger partial charge is 0.433 e. The second-order valence-corrected chi connectivity index (χ2v) is 6.28. The molecule has 3 aromatic carbocycles. The normalized spacial score (nSPS) is 15.9. The zero-order valence-electron chi connectivity index (χ0n) is 13.7. The number of esters is 1. The average molecular weight is 343 g/mol. The summed E-state index contributed by atoms with van der Waals surface area (Å²) >= 11 is 0. The Kier molecular flexibility index (Phi) is 3.19. The maximum absolute atomic E-state index is 14.5. The maximum atomic E-state index is 14.5. The smallest absolute Gasteiger partial charge is 0.340 e. The van der Waals surface area contributed by atoms with Crippen LogP contribution < -0.4 is 0 Å². The van der Waals surface area contributed by atoms with E-state index in [9.17, 15) is 9.18 Å². The molecule has 1 aromatic heterocycles. The highest BCUT2D eigenvalue weighted by Crippen LogP contribution is 2.39. The first kappa shape index (κ1) is 14.9. The summed E-state index contributed by atoms with van der Waals surface area (Å²) in [4.78, 5) is 12.3. The minimum Gasteiger partial charge on any atom is -0.433 e. The van der Waals surface area contributed by atoms with Gasteiger partial charge in [0.2, 0.25) is 6.23 Å². The van der Waals surface area contributed by atoms with E-state index in [2.05, 4.69) is 0 Å². The van der Waals surface area contributed by atoms with E-state index in [1.807, 2.05) is 53.1 Å². The minimum atomic E-state index is -0.617. The van der Waals surface area contributed by atoms with Gasteiger partial charge in [0.05, 0.1) is 16.8 Å². The van der Waals surface area contributed by atoms with Crippen LogP contribution in [-0.4, -0.2) is 10.5 Å². The van der Waals surface area contributed by atoms with Crippen molar-refractivity contribution in [3.8, 4) is 11.3 Å². The molecule has 0 amide bonds. The van der Waals surface area contributed by atoms with Crippen LogP contribution in [0.15, 0.2) is 78.9 Å². The van der Waals surface area contributed by atoms with Crippen LogP contribution in [0.2, 0.25) is 0 Å². The topological polar surface area (TPSA) is 31.2 Å². The van der Waals surface area contributed by atoms with Crippen LogP contribution in [0.1, 0.15) is 22.1 Å². The number of fused-ring (bicyclic) bond motifs is 2. The molecule has 0 spiro atoms. The third kappa shape index (κ3) is 2.09. The molecule has 0 fully saturated rings. The second kappa shape index (κ2) is 5.56. The second-order valence-electron chi connectivity index (χ2n) is 6.28. The highest BCUT2D eigenvalue weighted by Gasteiger charge is 2.34. The predicted octanol–water partition coefficient (Wildman–Crippen LogP) is 5.16. The molecule has 1 aliphatic rings. The maximum Gasteiger partial charge on any atom is 0.340 e. The Morgan fingerprint density at radius 3 is 2.38 bits per heavy atom. The zero-order valence-corrected chi connectivity index (χ0v) is 13.7. The van der Waals surface area contributed by atoms with Crippen molar-refractivity contribution < 1.29 is 13.9 Å². The predicted molar refractivity (Wildman–Crippen MR) is 97.3 cm³/mol. The fourth-order valence-corrected chi connectivity index (χ4v) is 3.62. The van der Waals surface area contributed by atoms with Gasteiger partial charge in [-0.3, -0.25) is 0 Å². The van der Waals surface area contributed by atoms with Crippen molar-refractivity contribution in [3.63, 3.8) is 0 Å². The van der Waals surface area contributed by atoms with Crippen molar-refractivity contribution in [2.45, 2.75) is 6.23 Å². The van der Waals surface area contributed by atoms with Gasteiger partial charge in [0, 0.05) is 16.5 Å². The van der Waals surface area contributed by atoms with Gasteiger partial charge in [-0.05, 0) is 30.3 Å². The summed E-state index contributed by atoms with van der Waals surface area (Å²) in [6.07, 6.45) is -0.617. The van der Waals surface area contributed by atoms with E-state index in [1.165, 1.54) is 6.07 Å². The molecule has 2 heterocycles. The van der Waals surface area contributed by atoms with E-state index in [1.54, 1.807) is 24.3 Å². The molecule has 0 saturated heterocycles. The summed E-state index contributed by atoms with van der Waals surface area (Å²) in [5.74, 6) is -0.669. The van der Waals surface area contributed by atoms with Gasteiger partial charge in [0.1, 0.15) is 5.82 Å². The Hall–Kier alpha value is -3.40. The number of para-hydroxylation sites is 1. The molecule has 3 nitrogen and oxygen atoms in total. The van der Waals surface area contributed by atoms with Crippen LogP contribution in [-0.2, 0) is 4.74 Å². The Labute approximate surface area is 149 Å². The molecule has 0 radical (unpaired) electrons. The van der Waals surface area contributed by atoms with E-state index in [-0.39, 0.29) is 11.8 Å². The van der Waals surface area contributed by atoms with Crippen molar-refractivity contribution in [1.82, 2.24) is 4.57 Å². The number of hydrogen-bond acceptors (Lipinski definition) is 2. The van der Waals surface area contributed by atoms with Crippen molar-refractivity contribution in [3.05, 3.63) is 95.8 Å². The lowest BCUT2D eigenvalue weighted by atomic mass is 10.1. The number of cyclic esters (lactones) is 1. The molecule has 1 unspecified atom stereocenters. The number of ether oxygens (including phenoxy) is 1. The summed E-state index contributed by atoms with van der Waals surface area (Å²) in [5.41, 5.74) is 3.38. The number of benzene rings is 3. The van der Waals surface area contributed by atoms with Crippen molar-refractivity contribution in [1.29, 1.82) is 0 Å². The van der Waals surface area contributed by atoms with Gasteiger partial charge >= 0.3 is 5.97 Å². The number of carbonyl (C=O) groups is 1. The number of hydrogen-bond donors (Lipinski definition) is 0. The third-order valence-corrected chi connectivity index (χ3v) is 4.80. The molecule has 1 atom stereocenters. The first-order valence-electron chi connectivity index (χ1n) is 8.39. The molecule has 0 bridgehead atoms. The fourth-order valence-electron chi connectivity index (χ4n) is 3.62. The fraction of sp³-hybridized carbons (Fsp3) is 0.0455. The van der Waals surface area contributed by atoms with Gasteiger partial charge in [-0.1, -0.05) is 48.5 Å². The van der Waals surface area contributed by atoms with Crippen LogP contribution in [0, 0.1) is 5.82 Å². The quantitative estimate of drug-likeness (QED) is 0.471. The van der Waals surface area contributed by atoms with Crippen LogP contribution in [0.5, 0.6) is 0 Å². The van der Waals surface area contributed by atoms with E-state index >= 15 is 0 Å². The Balaban J connectivity index is 1.82. The van der Waals surface area contributed by atoms with Gasteiger partial charge in [-0.15, -0.1) is 0 Å². The lowest BCUT2D eigenvalue weighted by Gasteiger charge is -2.18. The van der Waals surface area contributed by atoms with Crippen LogP contribution in [0.3, 0.4) is 0 Å². The molecule has 126 valence electrons. The average Bonchev–Trinajstić information content (AvgIpc) is 3.20. The summed E-state index contributed by atoms with van der Waals surface area (Å²) in [5, 5.41) is 0.964. The monoisotopic (exact) mass is 343 g/mol. The van der Waals surface area contributed by atoms with Gasteiger partial charge in [0.15, 0.2) is 0 Å². The van der Waals surface area contributed by atoms with Crippen LogP contribution in [0.4, 0.5) is 4.39 Å². The van der Waals surface area contributed by atoms with E-state index in [0.29, 0.717) is 16.8 Å². The standard InChI is InChI=1S/C22H14FNO2/c23-18-11-5-4-10-17(18)20-13-14-7-1-6-12-19(14)24(20)21-15-8-2-3-9-16(15)22(25)26-21/h1-13,21H. The van der Waals surface area contributed by atoms with Gasteiger partial charge in [-0.2, -0.15) is 0 Å². The molecule has 0 aliphatic carbocycles. The van der Waals surface area contributed by atoms with Gasteiger partial charge < -0.3 is 9.30 Å². The number of aromatic nitrogens is 1. The van der Waals surface area contributed by atoms with E-state index < -0.39 is 6.23 Å². The minimum absolute atomic E-state index is 0.311. The van der Waals surface area contributed by atoms with Crippen molar-refractivity contribution >= 4 is 16.9 Å². The van der Waals surface area contributed by atoms with Crippen LogP contribution >= 0.6 is 0 Å². The molecule has 26 heavy (non-hydrogen) atoms. The highest BCUT2D eigenvalue weighted by atomic mass is 19.1. The number of halogens is 1. The summed E-state index contributed by atoms with van der Waals surface area (Å²) in [7, 11) is 0. The SMILES string of the molecule is O=C1OC(n2c(-c3ccccc3F)cc3ccccc32)c2ccccc21. The molecule has 1 aliphatic heterocycles. The zero-order chi connectivity index (χ0) is 17.7. The van der Waals surface area contributed by atoms with Gasteiger partial charge in [-0.25, -0.2) is 9.18 Å². The summed E-state index contributed by atoms with van der Waals surface area (Å²) in [6.45, 7) is 0. The molecule has 0 saturated carbocycles. The van der Waals surface area contributed by atoms with E-state index in [4.69, 9.17) is 4.74 Å². The highest BCUT2D eigenvalue weighted by molar-refractivity contribution is 5.95. The Morgan fingerprint density at radius 2 is 1.54 bits per heavy atom.